The molecule has 1 aliphatic rings. The maximum Gasteiger partial charge on any atom is 0.329 e. The number of ketones is 1. The first kappa shape index (κ1) is 11.9. The van der Waals surface area contributed by atoms with Gasteiger partial charge in [0.15, 0.2) is 0 Å². The Bertz CT molecular complexity index is 287. The van der Waals surface area contributed by atoms with Crippen LogP contribution in [0.15, 0.2) is 0 Å². The van der Waals surface area contributed by atoms with E-state index in [0.29, 0.717) is 4.90 Å². The maximum atomic E-state index is 12.6. The summed E-state index contributed by atoms with van der Waals surface area (Å²) in [6.07, 6.45) is -0.619. The predicted octanol–water partition coefficient (Wildman–Crippen LogP) is 1.08. The van der Waals surface area contributed by atoms with E-state index >= 15 is 0 Å². The van der Waals surface area contributed by atoms with E-state index in [9.17, 15) is 27.2 Å². The molecule has 7 heteroatoms. The van der Waals surface area contributed by atoms with Crippen LogP contribution in [-0.2, 0) is 9.59 Å². The summed E-state index contributed by atoms with van der Waals surface area (Å²) in [7, 11) is 0. The highest BCUT2D eigenvalue weighted by atomic mass is 19.3. The summed E-state index contributed by atoms with van der Waals surface area (Å²) in [6, 6.07) is 0. The van der Waals surface area contributed by atoms with E-state index in [-0.39, 0.29) is 0 Å². The molecule has 0 radical (unpaired) electrons. The van der Waals surface area contributed by atoms with Gasteiger partial charge in [-0.05, 0) is 6.92 Å². The van der Waals surface area contributed by atoms with Crippen LogP contribution in [0.25, 0.3) is 0 Å². The zero-order valence-corrected chi connectivity index (χ0v) is 7.90. The highest BCUT2D eigenvalue weighted by Crippen LogP contribution is 2.40. The van der Waals surface area contributed by atoms with Crippen molar-refractivity contribution < 1.29 is 27.2 Å². The molecule has 1 aliphatic heterocycles. The largest absolute Gasteiger partial charge is 0.330 e. The first-order valence-electron chi connectivity index (χ1n) is 4.18. The average Bonchev–Trinajstić information content (AvgIpc) is 2.20. The number of rotatable bonds is 2. The van der Waals surface area contributed by atoms with Crippen LogP contribution < -0.4 is 0 Å². The number of amides is 1. The number of alkyl halides is 4. The molecule has 0 atom stereocenters. The minimum absolute atomic E-state index is 0.321. The lowest BCUT2D eigenvalue weighted by atomic mass is 10.2. The topological polar surface area (TPSA) is 37.4 Å². The first-order valence-corrected chi connectivity index (χ1v) is 4.18. The minimum Gasteiger partial charge on any atom is -0.330 e. The SMILES string of the molecule is CC(=O)CC(=O)N1CC(F)(F)C(F)(F)C1. The Balaban J connectivity index is 2.71. The van der Waals surface area contributed by atoms with Crippen LogP contribution in [0.5, 0.6) is 0 Å². The average molecular weight is 227 g/mol. The number of likely N-dealkylation sites (tertiary alicyclic amines) is 1. The number of carbonyl (C=O) groups excluding carboxylic acids is 2. The van der Waals surface area contributed by atoms with Crippen LogP contribution in [0.2, 0.25) is 0 Å². The molecule has 1 heterocycles. The predicted molar refractivity (Wildman–Crippen MR) is 41.8 cm³/mol. The molecule has 86 valence electrons. The van der Waals surface area contributed by atoms with Crippen LogP contribution in [0.1, 0.15) is 13.3 Å². The fraction of sp³-hybridized carbons (Fsp3) is 0.750. The second-order valence-electron chi connectivity index (χ2n) is 3.54. The number of hydrogen-bond donors (Lipinski definition) is 0. The lowest BCUT2D eigenvalue weighted by Crippen LogP contribution is -2.38. The quantitative estimate of drug-likeness (QED) is 0.523. The van der Waals surface area contributed by atoms with Crippen molar-refractivity contribution in [2.24, 2.45) is 0 Å². The Morgan fingerprint density at radius 1 is 1.13 bits per heavy atom. The molecule has 0 aliphatic carbocycles. The Hall–Kier alpha value is -1.14. The van der Waals surface area contributed by atoms with Crippen LogP contribution in [-0.4, -0.2) is 41.5 Å². The van der Waals surface area contributed by atoms with Crippen LogP contribution in [0.4, 0.5) is 17.6 Å². The van der Waals surface area contributed by atoms with Crippen molar-refractivity contribution in [3.05, 3.63) is 0 Å². The van der Waals surface area contributed by atoms with E-state index in [0.717, 1.165) is 6.92 Å². The van der Waals surface area contributed by atoms with Gasteiger partial charge >= 0.3 is 11.8 Å². The number of nitrogens with zero attached hydrogens (tertiary/aromatic N) is 1. The standard InChI is InChI=1S/C8H9F4NO2/c1-5(14)2-6(15)13-3-7(9,10)8(11,12)4-13/h2-4H2,1H3. The molecular formula is C8H9F4NO2. The van der Waals surface area contributed by atoms with E-state index < -0.39 is 43.0 Å². The van der Waals surface area contributed by atoms with Crippen molar-refractivity contribution in [1.82, 2.24) is 4.90 Å². The van der Waals surface area contributed by atoms with Gasteiger partial charge < -0.3 is 4.90 Å². The van der Waals surface area contributed by atoms with Gasteiger partial charge in [-0.25, -0.2) is 0 Å². The molecule has 0 bridgehead atoms. The van der Waals surface area contributed by atoms with Crippen molar-refractivity contribution in [1.29, 1.82) is 0 Å². The molecule has 0 saturated carbocycles. The van der Waals surface area contributed by atoms with Crippen LogP contribution >= 0.6 is 0 Å². The smallest absolute Gasteiger partial charge is 0.329 e. The molecule has 1 fully saturated rings. The Morgan fingerprint density at radius 3 is 1.87 bits per heavy atom. The minimum atomic E-state index is -4.21. The summed E-state index contributed by atoms with van der Waals surface area (Å²) in [4.78, 5) is 21.9. The molecule has 0 aromatic carbocycles. The summed E-state index contributed by atoms with van der Waals surface area (Å²) in [6.45, 7) is -1.57. The summed E-state index contributed by atoms with van der Waals surface area (Å²) in [5.41, 5.74) is 0. The van der Waals surface area contributed by atoms with Crippen LogP contribution in [0, 0.1) is 0 Å². The molecule has 1 amide bonds. The van der Waals surface area contributed by atoms with Gasteiger partial charge in [0.2, 0.25) is 5.91 Å². The van der Waals surface area contributed by atoms with E-state index in [1.807, 2.05) is 0 Å². The summed E-state index contributed by atoms with van der Waals surface area (Å²) < 4.78 is 50.6. The highest BCUT2D eigenvalue weighted by Gasteiger charge is 2.63. The second kappa shape index (κ2) is 3.46. The number of hydrogen-bond acceptors (Lipinski definition) is 2. The molecule has 0 aromatic heterocycles. The van der Waals surface area contributed by atoms with Gasteiger partial charge in [-0.15, -0.1) is 0 Å². The zero-order valence-electron chi connectivity index (χ0n) is 7.90. The highest BCUT2D eigenvalue weighted by molar-refractivity contribution is 5.97. The summed E-state index contributed by atoms with van der Waals surface area (Å²) in [5, 5.41) is 0. The normalized spacial score (nSPS) is 22.9. The van der Waals surface area contributed by atoms with E-state index in [1.165, 1.54) is 0 Å². The Kier molecular flexibility index (Phi) is 2.75. The fourth-order valence-electron chi connectivity index (χ4n) is 1.27. The van der Waals surface area contributed by atoms with Crippen molar-refractivity contribution in [3.8, 4) is 0 Å². The van der Waals surface area contributed by atoms with Gasteiger partial charge in [-0.1, -0.05) is 0 Å². The molecule has 0 N–H and O–H groups in total. The maximum absolute atomic E-state index is 12.6. The van der Waals surface area contributed by atoms with Gasteiger partial charge in [0, 0.05) is 0 Å². The zero-order chi connectivity index (χ0) is 11.9. The Morgan fingerprint density at radius 2 is 1.53 bits per heavy atom. The van der Waals surface area contributed by atoms with Crippen molar-refractivity contribution in [2.45, 2.75) is 25.2 Å². The molecule has 15 heavy (non-hydrogen) atoms. The number of halogens is 4. The molecule has 1 rings (SSSR count). The van der Waals surface area contributed by atoms with Crippen molar-refractivity contribution in [3.63, 3.8) is 0 Å². The Labute approximate surface area is 83.0 Å². The second-order valence-corrected chi connectivity index (χ2v) is 3.54. The molecule has 3 nitrogen and oxygen atoms in total. The molecule has 1 saturated heterocycles. The van der Waals surface area contributed by atoms with Gasteiger partial charge in [-0.2, -0.15) is 17.6 Å². The van der Waals surface area contributed by atoms with Gasteiger partial charge in [0.1, 0.15) is 5.78 Å². The fourth-order valence-corrected chi connectivity index (χ4v) is 1.27. The van der Waals surface area contributed by atoms with Gasteiger partial charge in [-0.3, -0.25) is 9.59 Å². The lowest BCUT2D eigenvalue weighted by Gasteiger charge is -2.14. The molecule has 0 spiro atoms. The third-order valence-electron chi connectivity index (χ3n) is 2.07. The summed E-state index contributed by atoms with van der Waals surface area (Å²) in [5.74, 6) is -9.95. The van der Waals surface area contributed by atoms with E-state index in [4.69, 9.17) is 0 Å². The monoisotopic (exact) mass is 227 g/mol. The summed E-state index contributed by atoms with van der Waals surface area (Å²) >= 11 is 0. The van der Waals surface area contributed by atoms with Gasteiger partial charge in [0.05, 0.1) is 19.5 Å². The van der Waals surface area contributed by atoms with Crippen molar-refractivity contribution >= 4 is 11.7 Å². The van der Waals surface area contributed by atoms with E-state index in [2.05, 4.69) is 0 Å². The van der Waals surface area contributed by atoms with Crippen molar-refractivity contribution in [2.75, 3.05) is 13.1 Å². The number of carbonyl (C=O) groups is 2. The first-order chi connectivity index (χ1) is 6.66. The molecule has 0 aromatic rings. The lowest BCUT2D eigenvalue weighted by molar-refractivity contribution is -0.172. The molecular weight excluding hydrogens is 218 g/mol. The van der Waals surface area contributed by atoms with Gasteiger partial charge in [0.25, 0.3) is 0 Å². The third kappa shape index (κ3) is 2.27. The molecule has 0 unspecified atom stereocenters. The van der Waals surface area contributed by atoms with Crippen LogP contribution in [0.3, 0.4) is 0 Å². The van der Waals surface area contributed by atoms with E-state index in [1.54, 1.807) is 0 Å². The number of Topliss-reactive ketones (excluding diaryl/α,β-unsaturated/α-hetero) is 1. The third-order valence-corrected chi connectivity index (χ3v) is 2.07.